The highest BCUT2D eigenvalue weighted by Gasteiger charge is 2.31. The highest BCUT2D eigenvalue weighted by atomic mass is 19.4. The van der Waals surface area contributed by atoms with Crippen LogP contribution in [0.15, 0.2) is 42.5 Å². The molecule has 5 heteroatoms. The molecule has 0 spiro atoms. The second-order valence-electron chi connectivity index (χ2n) is 4.40. The van der Waals surface area contributed by atoms with Gasteiger partial charge in [0.2, 0.25) is 0 Å². The Balaban J connectivity index is 2.67. The number of hydrogen-bond donors (Lipinski definition) is 0. The number of nitrogens with zero attached hydrogens (tertiary/aromatic N) is 1. The first-order valence-electron chi connectivity index (χ1n) is 6.18. The summed E-state index contributed by atoms with van der Waals surface area (Å²) in [6.07, 6.45) is -4.40. The van der Waals surface area contributed by atoms with Crippen LogP contribution in [0.3, 0.4) is 0 Å². The molecule has 2 nitrogen and oxygen atoms in total. The van der Waals surface area contributed by atoms with Gasteiger partial charge in [-0.1, -0.05) is 24.3 Å². The molecule has 0 atom stereocenters. The topological polar surface area (TPSA) is 33.0 Å². The van der Waals surface area contributed by atoms with Crippen molar-refractivity contribution in [3.63, 3.8) is 0 Å². The van der Waals surface area contributed by atoms with Gasteiger partial charge in [-0.2, -0.15) is 18.4 Å². The number of rotatable bonds is 3. The van der Waals surface area contributed by atoms with Crippen LogP contribution in [0.5, 0.6) is 5.75 Å². The number of alkyl halides is 3. The lowest BCUT2D eigenvalue weighted by Crippen LogP contribution is -2.06. The Morgan fingerprint density at radius 1 is 1.10 bits per heavy atom. The van der Waals surface area contributed by atoms with Crippen molar-refractivity contribution >= 4 is 0 Å². The van der Waals surface area contributed by atoms with Crippen LogP contribution in [0.2, 0.25) is 0 Å². The molecule has 0 radical (unpaired) electrons. The number of methoxy groups -OCH3 is 1. The van der Waals surface area contributed by atoms with E-state index in [9.17, 15) is 13.2 Å². The van der Waals surface area contributed by atoms with Gasteiger partial charge in [-0.25, -0.2) is 0 Å². The molecule has 108 valence electrons. The van der Waals surface area contributed by atoms with E-state index in [1.54, 1.807) is 24.3 Å². The predicted molar refractivity (Wildman–Crippen MR) is 72.7 cm³/mol. The summed E-state index contributed by atoms with van der Waals surface area (Å²) in [6.45, 7) is 0. The number of para-hydroxylation sites is 1. The lowest BCUT2D eigenvalue weighted by atomic mass is 9.95. The summed E-state index contributed by atoms with van der Waals surface area (Å²) in [5.74, 6) is 0.469. The van der Waals surface area contributed by atoms with Crippen LogP contribution in [0, 0.1) is 11.3 Å². The fraction of sp³-hybridized carbons (Fsp3) is 0.188. The molecule has 0 aliphatic carbocycles. The van der Waals surface area contributed by atoms with Crippen LogP contribution in [0.25, 0.3) is 11.1 Å². The molecule has 0 fully saturated rings. The lowest BCUT2D eigenvalue weighted by Gasteiger charge is -2.14. The predicted octanol–water partition coefficient (Wildman–Crippen LogP) is 4.45. The fourth-order valence-electron chi connectivity index (χ4n) is 2.11. The minimum absolute atomic E-state index is 0.0333. The Morgan fingerprint density at radius 3 is 2.43 bits per heavy atom. The molecule has 2 rings (SSSR count). The molecule has 21 heavy (non-hydrogen) atoms. The van der Waals surface area contributed by atoms with Gasteiger partial charge >= 0.3 is 6.18 Å². The Morgan fingerprint density at radius 2 is 1.81 bits per heavy atom. The summed E-state index contributed by atoms with van der Waals surface area (Å²) < 4.78 is 43.9. The van der Waals surface area contributed by atoms with Crippen molar-refractivity contribution in [3.05, 3.63) is 53.6 Å². The van der Waals surface area contributed by atoms with Crippen molar-refractivity contribution in [2.24, 2.45) is 0 Å². The van der Waals surface area contributed by atoms with Crippen molar-refractivity contribution in [2.75, 3.05) is 7.11 Å². The molecule has 0 aliphatic heterocycles. The van der Waals surface area contributed by atoms with Gasteiger partial charge < -0.3 is 4.74 Å². The average Bonchev–Trinajstić information content (AvgIpc) is 2.47. The molecule has 0 aromatic heterocycles. The van der Waals surface area contributed by atoms with Gasteiger partial charge in [0.25, 0.3) is 0 Å². The third-order valence-corrected chi connectivity index (χ3v) is 3.10. The molecular formula is C16H12F3NO. The fourth-order valence-corrected chi connectivity index (χ4v) is 2.11. The molecule has 0 heterocycles. The van der Waals surface area contributed by atoms with Gasteiger partial charge in [-0.05, 0) is 29.3 Å². The van der Waals surface area contributed by atoms with E-state index in [0.717, 1.165) is 12.1 Å². The first-order chi connectivity index (χ1) is 9.97. The third-order valence-electron chi connectivity index (χ3n) is 3.10. The Hall–Kier alpha value is -2.48. The summed E-state index contributed by atoms with van der Waals surface area (Å²) in [7, 11) is 1.45. The smallest absolute Gasteiger partial charge is 0.416 e. The first-order valence-corrected chi connectivity index (χ1v) is 6.18. The van der Waals surface area contributed by atoms with E-state index in [4.69, 9.17) is 10.00 Å². The summed E-state index contributed by atoms with van der Waals surface area (Å²) in [5, 5.41) is 8.84. The molecule has 0 unspecified atom stereocenters. The molecule has 0 bridgehead atoms. The van der Waals surface area contributed by atoms with Crippen molar-refractivity contribution < 1.29 is 17.9 Å². The molecule has 0 aliphatic rings. The van der Waals surface area contributed by atoms with E-state index >= 15 is 0 Å². The van der Waals surface area contributed by atoms with Gasteiger partial charge in [0.1, 0.15) is 5.75 Å². The second-order valence-corrected chi connectivity index (χ2v) is 4.40. The van der Waals surface area contributed by atoms with Gasteiger partial charge in [-0.15, -0.1) is 0 Å². The van der Waals surface area contributed by atoms with Gasteiger partial charge in [0.15, 0.2) is 0 Å². The second kappa shape index (κ2) is 5.88. The van der Waals surface area contributed by atoms with Crippen molar-refractivity contribution in [1.29, 1.82) is 5.26 Å². The highest BCUT2D eigenvalue weighted by molar-refractivity contribution is 5.74. The lowest BCUT2D eigenvalue weighted by molar-refractivity contribution is -0.137. The number of halogens is 3. The van der Waals surface area contributed by atoms with E-state index in [1.165, 1.54) is 13.2 Å². The molecule has 0 saturated carbocycles. The standard InChI is InChI=1S/C16H12F3NO/c1-21-15-5-3-2-4-13(15)14-10-12(16(17,18)19)7-6-11(14)8-9-20/h2-7,10H,8H2,1H3. The van der Waals surface area contributed by atoms with Crippen LogP contribution in [-0.2, 0) is 12.6 Å². The normalized spacial score (nSPS) is 11.0. The molecule has 0 amide bonds. The minimum atomic E-state index is -4.43. The van der Waals surface area contributed by atoms with E-state index in [-0.39, 0.29) is 6.42 Å². The van der Waals surface area contributed by atoms with Crippen LogP contribution in [0.1, 0.15) is 11.1 Å². The van der Waals surface area contributed by atoms with E-state index < -0.39 is 11.7 Å². The number of hydrogen-bond acceptors (Lipinski definition) is 2. The zero-order valence-electron chi connectivity index (χ0n) is 11.2. The highest BCUT2D eigenvalue weighted by Crippen LogP contribution is 2.37. The maximum Gasteiger partial charge on any atom is 0.416 e. The average molecular weight is 291 g/mol. The third kappa shape index (κ3) is 3.16. The Bertz CT molecular complexity index is 687. The van der Waals surface area contributed by atoms with Crippen molar-refractivity contribution in [3.8, 4) is 22.9 Å². The summed E-state index contributed by atoms with van der Waals surface area (Å²) in [4.78, 5) is 0. The molecule has 0 N–H and O–H groups in total. The number of nitriles is 1. The minimum Gasteiger partial charge on any atom is -0.496 e. The van der Waals surface area contributed by atoms with Crippen LogP contribution >= 0.6 is 0 Å². The van der Waals surface area contributed by atoms with Crippen molar-refractivity contribution in [2.45, 2.75) is 12.6 Å². The maximum atomic E-state index is 12.9. The molecular weight excluding hydrogens is 279 g/mol. The zero-order valence-corrected chi connectivity index (χ0v) is 11.2. The maximum absolute atomic E-state index is 12.9. The van der Waals surface area contributed by atoms with Crippen LogP contribution in [-0.4, -0.2) is 7.11 Å². The number of ether oxygens (including phenoxy) is 1. The van der Waals surface area contributed by atoms with E-state index in [2.05, 4.69) is 0 Å². The van der Waals surface area contributed by atoms with E-state index in [1.807, 2.05) is 6.07 Å². The Kier molecular flexibility index (Phi) is 4.18. The molecule has 2 aromatic rings. The van der Waals surface area contributed by atoms with Crippen LogP contribution < -0.4 is 4.74 Å². The molecule has 2 aromatic carbocycles. The van der Waals surface area contributed by atoms with Gasteiger partial charge in [0.05, 0.1) is 25.2 Å². The van der Waals surface area contributed by atoms with Crippen molar-refractivity contribution in [1.82, 2.24) is 0 Å². The van der Waals surface area contributed by atoms with Gasteiger partial charge in [-0.3, -0.25) is 0 Å². The largest absolute Gasteiger partial charge is 0.496 e. The SMILES string of the molecule is COc1ccccc1-c1cc(C(F)(F)F)ccc1CC#N. The number of benzene rings is 2. The van der Waals surface area contributed by atoms with E-state index in [0.29, 0.717) is 22.4 Å². The summed E-state index contributed by atoms with van der Waals surface area (Å²) in [5.41, 5.74) is 0.695. The molecule has 0 saturated heterocycles. The summed E-state index contributed by atoms with van der Waals surface area (Å²) in [6, 6.07) is 12.2. The quantitative estimate of drug-likeness (QED) is 0.837. The zero-order chi connectivity index (χ0) is 15.5. The summed E-state index contributed by atoms with van der Waals surface area (Å²) >= 11 is 0. The first kappa shape index (κ1) is 14.9. The van der Waals surface area contributed by atoms with Gasteiger partial charge in [0, 0.05) is 5.56 Å². The monoisotopic (exact) mass is 291 g/mol. The Labute approximate surface area is 120 Å². The van der Waals surface area contributed by atoms with Crippen LogP contribution in [0.4, 0.5) is 13.2 Å².